The lowest BCUT2D eigenvalue weighted by atomic mass is 10.1. The van der Waals surface area contributed by atoms with Crippen LogP contribution in [0.25, 0.3) is 0 Å². The van der Waals surface area contributed by atoms with Crippen LogP contribution in [0, 0.1) is 0 Å². The molecule has 0 heterocycles. The van der Waals surface area contributed by atoms with E-state index in [0.29, 0.717) is 0 Å². The molecule has 0 aromatic heterocycles. The minimum Gasteiger partial charge on any atom is -0.355 e. The molecule has 5 nitrogen and oxygen atoms in total. The number of benzene rings is 1. The van der Waals surface area contributed by atoms with Gasteiger partial charge in [-0.2, -0.15) is 0 Å². The van der Waals surface area contributed by atoms with Crippen molar-refractivity contribution in [2.45, 2.75) is 6.42 Å². The molecule has 0 radical (unpaired) electrons. The third kappa shape index (κ3) is 6.40. The first-order valence-corrected chi connectivity index (χ1v) is 7.39. The van der Waals surface area contributed by atoms with E-state index in [0.717, 1.165) is 10.0 Å². The standard InChI is InChI=1S/C10H13BrN2O3S/c11-9-3-1-2-8(6-9)7-10(14)13-4-5-17(12,15)16/h1-3,6H,4-5,7H2,(H,13,14)(H2,12,15,16). The third-order valence-electron chi connectivity index (χ3n) is 1.96. The highest BCUT2D eigenvalue weighted by Gasteiger charge is 2.06. The van der Waals surface area contributed by atoms with Gasteiger partial charge in [-0.05, 0) is 17.7 Å². The van der Waals surface area contributed by atoms with E-state index in [1.54, 1.807) is 0 Å². The Labute approximate surface area is 109 Å². The summed E-state index contributed by atoms with van der Waals surface area (Å²) in [5.41, 5.74) is 0.854. The van der Waals surface area contributed by atoms with Gasteiger partial charge >= 0.3 is 0 Å². The third-order valence-corrected chi connectivity index (χ3v) is 3.23. The summed E-state index contributed by atoms with van der Waals surface area (Å²) in [6.07, 6.45) is 0.212. The molecule has 1 rings (SSSR count). The largest absolute Gasteiger partial charge is 0.355 e. The first-order valence-electron chi connectivity index (χ1n) is 4.88. The van der Waals surface area contributed by atoms with Gasteiger partial charge in [-0.15, -0.1) is 0 Å². The predicted molar refractivity (Wildman–Crippen MR) is 68.8 cm³/mol. The van der Waals surface area contributed by atoms with E-state index in [2.05, 4.69) is 21.2 Å². The van der Waals surface area contributed by atoms with Crippen molar-refractivity contribution in [1.82, 2.24) is 5.32 Å². The minimum absolute atomic E-state index is 0.0334. The van der Waals surface area contributed by atoms with Gasteiger partial charge in [-0.1, -0.05) is 28.1 Å². The fourth-order valence-corrected chi connectivity index (χ4v) is 2.06. The maximum atomic E-state index is 11.4. The van der Waals surface area contributed by atoms with Crippen LogP contribution in [0.5, 0.6) is 0 Å². The molecule has 0 bridgehead atoms. The number of sulfonamides is 1. The molecule has 0 atom stereocenters. The van der Waals surface area contributed by atoms with E-state index < -0.39 is 10.0 Å². The van der Waals surface area contributed by atoms with Crippen molar-refractivity contribution in [3.8, 4) is 0 Å². The summed E-state index contributed by atoms with van der Waals surface area (Å²) in [7, 11) is -3.52. The molecule has 0 saturated heterocycles. The molecule has 0 aliphatic rings. The van der Waals surface area contributed by atoms with Crippen LogP contribution in [0.1, 0.15) is 5.56 Å². The van der Waals surface area contributed by atoms with E-state index in [9.17, 15) is 13.2 Å². The second-order valence-electron chi connectivity index (χ2n) is 3.52. The Morgan fingerprint density at radius 3 is 2.71 bits per heavy atom. The average molecular weight is 321 g/mol. The van der Waals surface area contributed by atoms with Crippen LogP contribution in [0.2, 0.25) is 0 Å². The van der Waals surface area contributed by atoms with Crippen LogP contribution in [0.3, 0.4) is 0 Å². The first-order chi connectivity index (χ1) is 7.87. The Morgan fingerprint density at radius 2 is 2.12 bits per heavy atom. The zero-order chi connectivity index (χ0) is 12.9. The van der Waals surface area contributed by atoms with E-state index in [1.807, 2.05) is 24.3 Å². The molecule has 3 N–H and O–H groups in total. The van der Waals surface area contributed by atoms with Gasteiger partial charge in [0.2, 0.25) is 15.9 Å². The lowest BCUT2D eigenvalue weighted by Crippen LogP contribution is -2.32. The number of nitrogens with two attached hydrogens (primary N) is 1. The highest BCUT2D eigenvalue weighted by molar-refractivity contribution is 9.10. The average Bonchev–Trinajstić information content (AvgIpc) is 2.15. The molecule has 0 spiro atoms. The Hall–Kier alpha value is -0.920. The molecular weight excluding hydrogens is 308 g/mol. The van der Waals surface area contributed by atoms with Gasteiger partial charge in [-0.25, -0.2) is 13.6 Å². The smallest absolute Gasteiger partial charge is 0.224 e. The second kappa shape index (κ2) is 6.13. The number of nitrogens with one attached hydrogen (secondary N) is 1. The summed E-state index contributed by atoms with van der Waals surface area (Å²) < 4.78 is 22.2. The van der Waals surface area contributed by atoms with Crippen LogP contribution in [0.15, 0.2) is 28.7 Å². The molecule has 1 aromatic carbocycles. The number of halogens is 1. The zero-order valence-corrected chi connectivity index (χ0v) is 11.4. The molecule has 0 aliphatic carbocycles. The fraction of sp³-hybridized carbons (Fsp3) is 0.300. The number of hydrogen-bond acceptors (Lipinski definition) is 3. The van der Waals surface area contributed by atoms with Crippen molar-refractivity contribution in [1.29, 1.82) is 0 Å². The normalized spacial score (nSPS) is 11.2. The summed E-state index contributed by atoms with van der Waals surface area (Å²) in [4.78, 5) is 11.4. The zero-order valence-electron chi connectivity index (χ0n) is 9.02. The second-order valence-corrected chi connectivity index (χ2v) is 6.17. The van der Waals surface area contributed by atoms with Crippen LogP contribution in [-0.2, 0) is 21.2 Å². The topological polar surface area (TPSA) is 89.3 Å². The summed E-state index contributed by atoms with van der Waals surface area (Å²) in [6, 6.07) is 7.35. The SMILES string of the molecule is NS(=O)(=O)CCNC(=O)Cc1cccc(Br)c1. The highest BCUT2D eigenvalue weighted by Crippen LogP contribution is 2.11. The molecule has 0 unspecified atom stereocenters. The van der Waals surface area contributed by atoms with Gasteiger partial charge < -0.3 is 5.32 Å². The summed E-state index contributed by atoms with van der Waals surface area (Å²) in [5.74, 6) is -0.483. The maximum absolute atomic E-state index is 11.4. The van der Waals surface area contributed by atoms with Gasteiger partial charge in [0, 0.05) is 11.0 Å². The van der Waals surface area contributed by atoms with Crippen LogP contribution in [0.4, 0.5) is 0 Å². The first kappa shape index (κ1) is 14.1. The molecule has 0 fully saturated rings. The Morgan fingerprint density at radius 1 is 1.41 bits per heavy atom. The quantitative estimate of drug-likeness (QED) is 0.822. The van der Waals surface area contributed by atoms with E-state index in [-0.39, 0.29) is 24.6 Å². The summed E-state index contributed by atoms with van der Waals surface area (Å²) >= 11 is 3.30. The van der Waals surface area contributed by atoms with Crippen molar-refractivity contribution in [2.24, 2.45) is 5.14 Å². The monoisotopic (exact) mass is 320 g/mol. The maximum Gasteiger partial charge on any atom is 0.224 e. The Bertz CT molecular complexity index is 502. The lowest BCUT2D eigenvalue weighted by molar-refractivity contribution is -0.120. The predicted octanol–water partition coefficient (Wildman–Crippen LogP) is 0.396. The molecule has 0 saturated carbocycles. The number of hydrogen-bond donors (Lipinski definition) is 2. The van der Waals surface area contributed by atoms with Crippen molar-refractivity contribution in [3.05, 3.63) is 34.3 Å². The molecular formula is C10H13BrN2O3S. The van der Waals surface area contributed by atoms with Gasteiger partial charge in [0.15, 0.2) is 0 Å². The van der Waals surface area contributed by atoms with Crippen LogP contribution in [-0.4, -0.2) is 26.6 Å². The van der Waals surface area contributed by atoms with Crippen molar-refractivity contribution in [3.63, 3.8) is 0 Å². The Balaban J connectivity index is 2.40. The summed E-state index contributed by atoms with van der Waals surface area (Å²) in [5, 5.41) is 7.30. The minimum atomic E-state index is -3.52. The van der Waals surface area contributed by atoms with Crippen molar-refractivity contribution < 1.29 is 13.2 Å². The molecule has 1 amide bonds. The Kier molecular flexibility index (Phi) is 5.10. The summed E-state index contributed by atoms with van der Waals surface area (Å²) in [6.45, 7) is 0.0334. The number of primary sulfonamides is 1. The molecule has 94 valence electrons. The lowest BCUT2D eigenvalue weighted by Gasteiger charge is -2.04. The molecule has 7 heteroatoms. The molecule has 1 aromatic rings. The van der Waals surface area contributed by atoms with Crippen LogP contribution >= 0.6 is 15.9 Å². The van der Waals surface area contributed by atoms with Gasteiger partial charge in [-0.3, -0.25) is 4.79 Å². The van der Waals surface area contributed by atoms with Gasteiger partial charge in [0.25, 0.3) is 0 Å². The number of rotatable bonds is 5. The fourth-order valence-electron chi connectivity index (χ4n) is 1.23. The molecule has 0 aliphatic heterocycles. The van der Waals surface area contributed by atoms with E-state index >= 15 is 0 Å². The molecule has 17 heavy (non-hydrogen) atoms. The van der Waals surface area contributed by atoms with Gasteiger partial charge in [0.1, 0.15) is 0 Å². The number of carbonyl (C=O) groups excluding carboxylic acids is 1. The number of carbonyl (C=O) groups is 1. The van der Waals surface area contributed by atoms with Crippen molar-refractivity contribution in [2.75, 3.05) is 12.3 Å². The number of amides is 1. The van der Waals surface area contributed by atoms with Crippen molar-refractivity contribution >= 4 is 31.9 Å². The van der Waals surface area contributed by atoms with E-state index in [4.69, 9.17) is 5.14 Å². The highest BCUT2D eigenvalue weighted by atomic mass is 79.9. The van der Waals surface area contributed by atoms with E-state index in [1.165, 1.54) is 0 Å². The van der Waals surface area contributed by atoms with Gasteiger partial charge in [0.05, 0.1) is 12.2 Å². The van der Waals surface area contributed by atoms with Crippen LogP contribution < -0.4 is 10.5 Å².